The van der Waals surface area contributed by atoms with Crippen LogP contribution in [0.2, 0.25) is 0 Å². The molecule has 1 aliphatic rings. The lowest BCUT2D eigenvalue weighted by Gasteiger charge is -2.23. The van der Waals surface area contributed by atoms with Crippen LogP contribution in [0.4, 0.5) is 0 Å². The molecule has 0 aliphatic heterocycles. The van der Waals surface area contributed by atoms with Gasteiger partial charge in [0.05, 0.1) is 0 Å². The van der Waals surface area contributed by atoms with E-state index in [1.54, 1.807) is 0 Å². The molecule has 12 heavy (non-hydrogen) atoms. The monoisotopic (exact) mass is 165 g/mol. The van der Waals surface area contributed by atoms with Crippen LogP contribution >= 0.6 is 0 Å². The van der Waals surface area contributed by atoms with Crippen molar-refractivity contribution < 1.29 is 0 Å². The fourth-order valence-electron chi connectivity index (χ4n) is 1.44. The van der Waals surface area contributed by atoms with Crippen molar-refractivity contribution in [3.8, 4) is 0 Å². The number of rotatable bonds is 2. The zero-order valence-corrected chi connectivity index (χ0v) is 8.54. The zero-order valence-electron chi connectivity index (χ0n) is 8.54. The average molecular weight is 165 g/mol. The molecule has 1 aliphatic carbocycles. The Morgan fingerprint density at radius 3 is 2.42 bits per heavy atom. The van der Waals surface area contributed by atoms with Crippen molar-refractivity contribution in [1.82, 2.24) is 4.90 Å². The Balaban J connectivity index is 2.55. The van der Waals surface area contributed by atoms with Gasteiger partial charge in [0, 0.05) is 6.04 Å². The molecule has 1 heteroatoms. The van der Waals surface area contributed by atoms with Gasteiger partial charge in [-0.3, -0.25) is 0 Å². The number of allylic oxidation sites excluding steroid dienone is 2. The van der Waals surface area contributed by atoms with Crippen molar-refractivity contribution in [2.75, 3.05) is 14.1 Å². The number of likely N-dealkylation sites (N-methyl/N-ethyl adjacent to an activating group) is 1. The van der Waals surface area contributed by atoms with Gasteiger partial charge in [-0.15, -0.1) is 0 Å². The van der Waals surface area contributed by atoms with Crippen molar-refractivity contribution in [2.24, 2.45) is 5.92 Å². The molecule has 0 saturated carbocycles. The molecular formula is C11H19N. The Bertz CT molecular complexity index is 199. The van der Waals surface area contributed by atoms with Gasteiger partial charge in [0.1, 0.15) is 0 Å². The SMILES string of the molecule is CC(C)C1=CC[C@@H](N(C)C)C=C1. The minimum atomic E-state index is 0.604. The summed E-state index contributed by atoms with van der Waals surface area (Å²) < 4.78 is 0. The number of hydrogen-bond donors (Lipinski definition) is 0. The van der Waals surface area contributed by atoms with Crippen molar-refractivity contribution in [3.05, 3.63) is 23.8 Å². The molecule has 0 aromatic carbocycles. The summed E-state index contributed by atoms with van der Waals surface area (Å²) in [4.78, 5) is 2.25. The van der Waals surface area contributed by atoms with Crippen LogP contribution in [0, 0.1) is 5.92 Å². The summed E-state index contributed by atoms with van der Waals surface area (Å²) in [7, 11) is 4.26. The van der Waals surface area contributed by atoms with Gasteiger partial charge in [-0.25, -0.2) is 0 Å². The summed E-state index contributed by atoms with van der Waals surface area (Å²) in [5.41, 5.74) is 1.48. The number of nitrogens with zero attached hydrogens (tertiary/aromatic N) is 1. The van der Waals surface area contributed by atoms with Crippen LogP contribution in [0.15, 0.2) is 23.8 Å². The summed E-state index contributed by atoms with van der Waals surface area (Å²) in [5.74, 6) is 0.671. The molecule has 0 amide bonds. The highest BCUT2D eigenvalue weighted by molar-refractivity contribution is 5.26. The van der Waals surface area contributed by atoms with Crippen molar-refractivity contribution in [3.63, 3.8) is 0 Å². The van der Waals surface area contributed by atoms with Gasteiger partial charge in [-0.1, -0.05) is 32.1 Å². The van der Waals surface area contributed by atoms with Crippen LogP contribution in [0.1, 0.15) is 20.3 Å². The molecule has 0 bridgehead atoms. The second-order valence-corrected chi connectivity index (χ2v) is 3.98. The van der Waals surface area contributed by atoms with E-state index in [1.807, 2.05) is 0 Å². The van der Waals surface area contributed by atoms with Gasteiger partial charge in [-0.05, 0) is 32.0 Å². The largest absolute Gasteiger partial charge is 0.303 e. The average Bonchev–Trinajstić information content (AvgIpc) is 2.04. The minimum Gasteiger partial charge on any atom is -0.303 e. The third-order valence-electron chi connectivity index (χ3n) is 2.44. The number of hydrogen-bond acceptors (Lipinski definition) is 1. The molecule has 0 aromatic rings. The molecule has 0 N–H and O–H groups in total. The Morgan fingerprint density at radius 1 is 1.42 bits per heavy atom. The van der Waals surface area contributed by atoms with Crippen molar-refractivity contribution in [1.29, 1.82) is 0 Å². The normalized spacial score (nSPS) is 23.5. The molecule has 0 radical (unpaired) electrons. The summed E-state index contributed by atoms with van der Waals surface area (Å²) in [6.45, 7) is 4.48. The fourth-order valence-corrected chi connectivity index (χ4v) is 1.44. The molecule has 1 rings (SSSR count). The molecule has 1 nitrogen and oxygen atoms in total. The van der Waals surface area contributed by atoms with E-state index in [-0.39, 0.29) is 0 Å². The van der Waals surface area contributed by atoms with Crippen molar-refractivity contribution in [2.45, 2.75) is 26.3 Å². The molecule has 0 spiro atoms. The van der Waals surface area contributed by atoms with Crippen LogP contribution < -0.4 is 0 Å². The van der Waals surface area contributed by atoms with Gasteiger partial charge >= 0.3 is 0 Å². The quantitative estimate of drug-likeness (QED) is 0.607. The second kappa shape index (κ2) is 3.90. The second-order valence-electron chi connectivity index (χ2n) is 3.98. The summed E-state index contributed by atoms with van der Waals surface area (Å²) >= 11 is 0. The first-order valence-corrected chi connectivity index (χ1v) is 4.66. The lowest BCUT2D eigenvalue weighted by atomic mass is 9.95. The van der Waals surface area contributed by atoms with Crippen LogP contribution in [-0.4, -0.2) is 25.0 Å². The first-order valence-electron chi connectivity index (χ1n) is 4.66. The van der Waals surface area contributed by atoms with Crippen LogP contribution in [0.5, 0.6) is 0 Å². The molecule has 68 valence electrons. The third-order valence-corrected chi connectivity index (χ3v) is 2.44. The molecular weight excluding hydrogens is 146 g/mol. The maximum absolute atomic E-state index is 2.36. The Labute approximate surface area is 75.8 Å². The van der Waals surface area contributed by atoms with Crippen LogP contribution in [-0.2, 0) is 0 Å². The molecule has 0 unspecified atom stereocenters. The predicted octanol–water partition coefficient (Wildman–Crippen LogP) is 2.46. The maximum atomic E-state index is 2.36. The summed E-state index contributed by atoms with van der Waals surface area (Å²) in [6.07, 6.45) is 8.08. The highest BCUT2D eigenvalue weighted by Crippen LogP contribution is 2.19. The van der Waals surface area contributed by atoms with E-state index >= 15 is 0 Å². The third kappa shape index (κ3) is 2.21. The summed E-state index contributed by atoms with van der Waals surface area (Å²) in [5, 5.41) is 0. The van der Waals surface area contributed by atoms with Gasteiger partial charge in [0.2, 0.25) is 0 Å². The first-order chi connectivity index (χ1) is 5.61. The van der Waals surface area contributed by atoms with E-state index in [2.05, 4.69) is 51.1 Å². The smallest absolute Gasteiger partial charge is 0.0309 e. The lowest BCUT2D eigenvalue weighted by molar-refractivity contribution is 0.342. The minimum absolute atomic E-state index is 0.604. The van der Waals surface area contributed by atoms with Crippen LogP contribution in [0.25, 0.3) is 0 Å². The zero-order chi connectivity index (χ0) is 9.14. The Morgan fingerprint density at radius 2 is 2.08 bits per heavy atom. The molecule has 0 heterocycles. The molecule has 0 saturated heterocycles. The van der Waals surface area contributed by atoms with Gasteiger partial charge in [0.15, 0.2) is 0 Å². The molecule has 0 fully saturated rings. The van der Waals surface area contributed by atoms with Gasteiger partial charge in [-0.2, -0.15) is 0 Å². The van der Waals surface area contributed by atoms with E-state index in [9.17, 15) is 0 Å². The Hall–Kier alpha value is -0.560. The highest BCUT2D eigenvalue weighted by Gasteiger charge is 2.11. The van der Waals surface area contributed by atoms with E-state index in [4.69, 9.17) is 0 Å². The van der Waals surface area contributed by atoms with E-state index in [1.165, 1.54) is 5.57 Å². The maximum Gasteiger partial charge on any atom is 0.0309 e. The van der Waals surface area contributed by atoms with Crippen LogP contribution in [0.3, 0.4) is 0 Å². The Kier molecular flexibility index (Phi) is 3.10. The first kappa shape index (κ1) is 9.53. The molecule has 1 atom stereocenters. The fraction of sp³-hybridized carbons (Fsp3) is 0.636. The summed E-state index contributed by atoms with van der Waals surface area (Å²) in [6, 6.07) is 0.604. The van der Waals surface area contributed by atoms with Gasteiger partial charge in [0.25, 0.3) is 0 Å². The standard InChI is InChI=1S/C11H19N/c1-9(2)10-5-7-11(8-6-10)12(3)4/h5-7,9,11H,8H2,1-4H3/t11-/m0/s1. The van der Waals surface area contributed by atoms with E-state index in [0.29, 0.717) is 12.0 Å². The van der Waals surface area contributed by atoms with E-state index in [0.717, 1.165) is 6.42 Å². The van der Waals surface area contributed by atoms with Crippen molar-refractivity contribution >= 4 is 0 Å². The topological polar surface area (TPSA) is 3.24 Å². The molecule has 0 aromatic heterocycles. The lowest BCUT2D eigenvalue weighted by Crippen LogP contribution is -2.26. The predicted molar refractivity (Wildman–Crippen MR) is 54.2 cm³/mol. The van der Waals surface area contributed by atoms with E-state index < -0.39 is 0 Å². The van der Waals surface area contributed by atoms with Gasteiger partial charge < -0.3 is 4.90 Å². The highest BCUT2D eigenvalue weighted by atomic mass is 15.1.